The van der Waals surface area contributed by atoms with E-state index in [0.717, 1.165) is 22.7 Å². The lowest BCUT2D eigenvalue weighted by Crippen LogP contribution is -2.64. The third-order valence-electron chi connectivity index (χ3n) is 6.19. The molecule has 1 fully saturated rings. The van der Waals surface area contributed by atoms with Gasteiger partial charge in [-0.25, -0.2) is 14.8 Å². The van der Waals surface area contributed by atoms with Gasteiger partial charge in [0.25, 0.3) is 5.91 Å². The van der Waals surface area contributed by atoms with Gasteiger partial charge in [-0.3, -0.25) is 15.0 Å². The van der Waals surface area contributed by atoms with E-state index in [1.165, 1.54) is 0 Å². The number of nitrogens with zero attached hydrogens (tertiary/aromatic N) is 5. The molecular formula is C23H22N6O4. The maximum Gasteiger partial charge on any atom is 0.325 e. The largest absolute Gasteiger partial charge is 0.454 e. The molecule has 3 aromatic rings. The van der Waals surface area contributed by atoms with Crippen LogP contribution in [-0.2, 0) is 17.8 Å². The summed E-state index contributed by atoms with van der Waals surface area (Å²) >= 11 is 0. The highest BCUT2D eigenvalue weighted by Gasteiger charge is 2.49. The molecule has 6 rings (SSSR count). The number of benzene rings is 1. The van der Waals surface area contributed by atoms with Crippen LogP contribution in [0.1, 0.15) is 18.2 Å². The second-order valence-electron chi connectivity index (χ2n) is 8.17. The Hall–Kier alpha value is -4.08. The van der Waals surface area contributed by atoms with Gasteiger partial charge >= 0.3 is 6.03 Å². The van der Waals surface area contributed by atoms with E-state index in [1.807, 2.05) is 65.0 Å². The number of hydrogen-bond acceptors (Lipinski definition) is 7. The standard InChI is InChI=1S/C23H22N6O4/c1-2-28-21-20(22(30)26-23(28)31)29(11-14-6-7-16-17(9-14)33-13-32-16)19(25-21)10-15-12-27-8-4-3-5-18(27)24-15/h3-9,12,20-21H,2,10-11,13H2,1H3,(H,26,30,31). The summed E-state index contributed by atoms with van der Waals surface area (Å²) in [5.74, 6) is 1.76. The maximum atomic E-state index is 12.9. The highest BCUT2D eigenvalue weighted by molar-refractivity contribution is 6.04. The van der Waals surface area contributed by atoms with Crippen molar-refractivity contribution in [2.45, 2.75) is 32.1 Å². The predicted molar refractivity (Wildman–Crippen MR) is 118 cm³/mol. The molecule has 10 heteroatoms. The first-order valence-electron chi connectivity index (χ1n) is 10.9. The van der Waals surface area contributed by atoms with Crippen LogP contribution in [-0.4, -0.2) is 62.5 Å². The summed E-state index contributed by atoms with van der Waals surface area (Å²) in [5, 5.41) is 2.48. The molecule has 0 spiro atoms. The Bertz CT molecular complexity index is 1270. The minimum Gasteiger partial charge on any atom is -0.454 e. The van der Waals surface area contributed by atoms with Crippen LogP contribution in [0.2, 0.25) is 0 Å². The molecule has 0 saturated carbocycles. The number of aliphatic imine (C=N–C) groups is 1. The SMILES string of the molecule is CCN1C(=O)NC(=O)C2C1N=C(Cc1cn3ccccc3n1)N2Cc1ccc2c(c1)OCO2. The summed E-state index contributed by atoms with van der Waals surface area (Å²) in [6.07, 6.45) is 3.77. The van der Waals surface area contributed by atoms with Crippen LogP contribution in [0, 0.1) is 0 Å². The fraction of sp³-hybridized carbons (Fsp3) is 0.304. The van der Waals surface area contributed by atoms with Crippen molar-refractivity contribution < 1.29 is 19.1 Å². The van der Waals surface area contributed by atoms with Crippen molar-refractivity contribution in [3.8, 4) is 11.5 Å². The summed E-state index contributed by atoms with van der Waals surface area (Å²) in [6, 6.07) is 10.5. The molecule has 1 N–H and O–H groups in total. The van der Waals surface area contributed by atoms with Crippen LogP contribution in [0.15, 0.2) is 53.8 Å². The van der Waals surface area contributed by atoms with E-state index in [0.29, 0.717) is 31.0 Å². The molecule has 1 saturated heterocycles. The maximum absolute atomic E-state index is 12.9. The van der Waals surface area contributed by atoms with Gasteiger partial charge in [0.2, 0.25) is 6.79 Å². The van der Waals surface area contributed by atoms with E-state index in [9.17, 15) is 9.59 Å². The average molecular weight is 446 g/mol. The first-order chi connectivity index (χ1) is 16.1. The second-order valence-corrected chi connectivity index (χ2v) is 8.17. The zero-order valence-electron chi connectivity index (χ0n) is 18.0. The number of imidazole rings is 1. The summed E-state index contributed by atoms with van der Waals surface area (Å²) in [5.41, 5.74) is 2.63. The van der Waals surface area contributed by atoms with E-state index >= 15 is 0 Å². The van der Waals surface area contributed by atoms with Crippen molar-refractivity contribution in [1.29, 1.82) is 0 Å². The Morgan fingerprint density at radius 2 is 2.00 bits per heavy atom. The zero-order valence-corrected chi connectivity index (χ0v) is 18.0. The molecule has 3 amide bonds. The van der Waals surface area contributed by atoms with E-state index in [-0.39, 0.29) is 12.7 Å². The van der Waals surface area contributed by atoms with Gasteiger partial charge in [-0.2, -0.15) is 0 Å². The predicted octanol–water partition coefficient (Wildman–Crippen LogP) is 1.79. The number of ether oxygens (including phenoxy) is 2. The normalized spacial score (nSPS) is 21.4. The Morgan fingerprint density at radius 3 is 2.85 bits per heavy atom. The van der Waals surface area contributed by atoms with Crippen molar-refractivity contribution in [1.82, 2.24) is 24.5 Å². The number of imide groups is 1. The first kappa shape index (κ1) is 19.6. The number of rotatable bonds is 5. The summed E-state index contributed by atoms with van der Waals surface area (Å²) in [7, 11) is 0. The van der Waals surface area contributed by atoms with Crippen molar-refractivity contribution >= 4 is 23.4 Å². The van der Waals surface area contributed by atoms with Gasteiger partial charge in [0.15, 0.2) is 23.7 Å². The van der Waals surface area contributed by atoms with Crippen LogP contribution >= 0.6 is 0 Å². The van der Waals surface area contributed by atoms with E-state index in [4.69, 9.17) is 19.5 Å². The molecule has 5 heterocycles. The highest BCUT2D eigenvalue weighted by Crippen LogP contribution is 2.34. The number of fused-ring (bicyclic) bond motifs is 3. The number of carbonyl (C=O) groups excluding carboxylic acids is 2. The average Bonchev–Trinajstić information content (AvgIpc) is 3.51. The molecule has 0 radical (unpaired) electrons. The number of amidine groups is 1. The first-order valence-corrected chi connectivity index (χ1v) is 10.9. The molecule has 168 valence electrons. The quantitative estimate of drug-likeness (QED) is 0.641. The molecule has 0 bridgehead atoms. The molecule has 0 aliphatic carbocycles. The summed E-state index contributed by atoms with van der Waals surface area (Å²) in [6.45, 7) is 2.96. The smallest absolute Gasteiger partial charge is 0.325 e. The third kappa shape index (κ3) is 3.25. The number of pyridine rings is 1. The fourth-order valence-corrected chi connectivity index (χ4v) is 4.65. The van der Waals surface area contributed by atoms with E-state index in [1.54, 1.807) is 4.90 Å². The number of likely N-dealkylation sites (N-methyl/N-ethyl adjacent to an activating group) is 1. The molecule has 2 unspecified atom stereocenters. The molecule has 3 aliphatic heterocycles. The highest BCUT2D eigenvalue weighted by atomic mass is 16.7. The third-order valence-corrected chi connectivity index (χ3v) is 6.19. The number of amides is 3. The van der Waals surface area contributed by atoms with Crippen LogP contribution < -0.4 is 14.8 Å². The minimum atomic E-state index is -0.611. The number of urea groups is 1. The molecule has 33 heavy (non-hydrogen) atoms. The van der Waals surface area contributed by atoms with E-state index in [2.05, 4.69) is 5.32 Å². The lowest BCUT2D eigenvalue weighted by molar-refractivity contribution is -0.127. The molecule has 2 atom stereocenters. The van der Waals surface area contributed by atoms with Crippen LogP contribution in [0.5, 0.6) is 11.5 Å². The Labute approximate surface area is 189 Å². The van der Waals surface area contributed by atoms with Crippen molar-refractivity contribution in [2.24, 2.45) is 4.99 Å². The van der Waals surface area contributed by atoms with Crippen molar-refractivity contribution in [2.75, 3.05) is 13.3 Å². The fourth-order valence-electron chi connectivity index (χ4n) is 4.65. The topological polar surface area (TPSA) is 101 Å². The minimum absolute atomic E-state index is 0.198. The Balaban J connectivity index is 1.36. The van der Waals surface area contributed by atoms with Crippen molar-refractivity contribution in [3.05, 3.63) is 60.0 Å². The zero-order chi connectivity index (χ0) is 22.5. The van der Waals surface area contributed by atoms with Gasteiger partial charge in [0.1, 0.15) is 11.5 Å². The molecule has 1 aromatic carbocycles. The van der Waals surface area contributed by atoms with Crippen LogP contribution in [0.25, 0.3) is 5.65 Å². The molecule has 3 aliphatic rings. The monoisotopic (exact) mass is 446 g/mol. The van der Waals surface area contributed by atoms with Gasteiger partial charge in [0.05, 0.1) is 5.69 Å². The van der Waals surface area contributed by atoms with Crippen LogP contribution in [0.4, 0.5) is 4.79 Å². The van der Waals surface area contributed by atoms with Gasteiger partial charge in [0, 0.05) is 31.9 Å². The summed E-state index contributed by atoms with van der Waals surface area (Å²) < 4.78 is 12.9. The van der Waals surface area contributed by atoms with Crippen LogP contribution in [0.3, 0.4) is 0 Å². The lowest BCUT2D eigenvalue weighted by Gasteiger charge is -2.37. The van der Waals surface area contributed by atoms with Gasteiger partial charge in [-0.05, 0) is 36.8 Å². The van der Waals surface area contributed by atoms with Crippen molar-refractivity contribution in [3.63, 3.8) is 0 Å². The van der Waals surface area contributed by atoms with Gasteiger partial charge in [-0.15, -0.1) is 0 Å². The number of nitrogens with one attached hydrogen (secondary N) is 1. The number of carbonyl (C=O) groups is 2. The Morgan fingerprint density at radius 1 is 1.12 bits per heavy atom. The van der Waals surface area contributed by atoms with Gasteiger partial charge < -0.3 is 18.8 Å². The van der Waals surface area contributed by atoms with E-state index < -0.39 is 18.2 Å². The molecule has 2 aromatic heterocycles. The second kappa shape index (κ2) is 7.51. The number of hydrogen-bond donors (Lipinski definition) is 1. The molecular weight excluding hydrogens is 424 g/mol. The Kier molecular flexibility index (Phi) is 4.46. The molecule has 10 nitrogen and oxygen atoms in total. The lowest BCUT2D eigenvalue weighted by atomic mass is 10.1. The number of aromatic nitrogens is 2. The van der Waals surface area contributed by atoms with Gasteiger partial charge in [-0.1, -0.05) is 12.1 Å². The summed E-state index contributed by atoms with van der Waals surface area (Å²) in [4.78, 5) is 38.5.